The van der Waals surface area contributed by atoms with Crippen molar-refractivity contribution in [3.8, 4) is 0 Å². The second-order valence-electron chi connectivity index (χ2n) is 4.64. The summed E-state index contributed by atoms with van der Waals surface area (Å²) >= 11 is 1.95. The highest BCUT2D eigenvalue weighted by Crippen LogP contribution is 2.39. The number of hydrogen-bond donors (Lipinski definition) is 0. The van der Waals surface area contributed by atoms with Crippen LogP contribution in [0.2, 0.25) is 0 Å². The number of pyridine rings is 1. The molecule has 0 aromatic carbocycles. The fourth-order valence-corrected chi connectivity index (χ4v) is 3.51. The molecule has 2 rings (SSSR count). The minimum Gasteiger partial charge on any atom is -0.250 e. The highest BCUT2D eigenvalue weighted by Gasteiger charge is 2.26. The highest BCUT2D eigenvalue weighted by atomic mass is 32.2. The van der Waals surface area contributed by atoms with Crippen LogP contribution in [0.5, 0.6) is 0 Å². The van der Waals surface area contributed by atoms with E-state index in [1.807, 2.05) is 24.0 Å². The molecule has 0 spiro atoms. The molecule has 1 aromatic heterocycles. The quantitative estimate of drug-likeness (QED) is 0.714. The van der Waals surface area contributed by atoms with E-state index < -0.39 is 0 Å². The van der Waals surface area contributed by atoms with Gasteiger partial charge in [0.1, 0.15) is 0 Å². The van der Waals surface area contributed by atoms with Gasteiger partial charge in [0.15, 0.2) is 0 Å². The van der Waals surface area contributed by atoms with Gasteiger partial charge in [-0.3, -0.25) is 0 Å². The molecule has 0 aliphatic carbocycles. The van der Waals surface area contributed by atoms with Gasteiger partial charge >= 0.3 is 0 Å². The van der Waals surface area contributed by atoms with Crippen molar-refractivity contribution in [2.24, 2.45) is 5.92 Å². The van der Waals surface area contributed by atoms with Gasteiger partial charge in [-0.25, -0.2) is 4.98 Å². The molecular formula is C14H19NS. The summed E-state index contributed by atoms with van der Waals surface area (Å²) in [5.41, 5.74) is 2.84. The van der Waals surface area contributed by atoms with E-state index in [0.717, 1.165) is 6.42 Å². The zero-order valence-electron chi connectivity index (χ0n) is 10.2. The number of hydrogen-bond acceptors (Lipinski definition) is 2. The molecule has 0 N–H and O–H groups in total. The van der Waals surface area contributed by atoms with Gasteiger partial charge < -0.3 is 0 Å². The number of aromatic nitrogens is 1. The van der Waals surface area contributed by atoms with Crippen LogP contribution in [0.4, 0.5) is 0 Å². The van der Waals surface area contributed by atoms with E-state index in [1.54, 1.807) is 0 Å². The van der Waals surface area contributed by atoms with Crippen molar-refractivity contribution >= 4 is 11.8 Å². The Morgan fingerprint density at radius 2 is 2.38 bits per heavy atom. The highest BCUT2D eigenvalue weighted by molar-refractivity contribution is 8.00. The fourth-order valence-electron chi connectivity index (χ4n) is 2.28. The van der Waals surface area contributed by atoms with E-state index >= 15 is 0 Å². The van der Waals surface area contributed by atoms with Crippen molar-refractivity contribution < 1.29 is 0 Å². The van der Waals surface area contributed by atoms with E-state index in [1.165, 1.54) is 22.6 Å². The van der Waals surface area contributed by atoms with Crippen molar-refractivity contribution in [1.29, 1.82) is 0 Å². The Labute approximate surface area is 102 Å². The lowest BCUT2D eigenvalue weighted by molar-refractivity contribution is 0.570. The standard InChI is InChI=1S/C14H19NS/c1-4-13-12(8-10(2)3)9-11-6-5-7-15-14(11)16-13/h5-8,12-13H,4,9H2,1-3H3. The third-order valence-corrected chi connectivity index (χ3v) is 4.57. The molecule has 0 bridgehead atoms. The number of fused-ring (bicyclic) bond motifs is 1. The van der Waals surface area contributed by atoms with Crippen LogP contribution < -0.4 is 0 Å². The molecule has 0 saturated carbocycles. The molecule has 86 valence electrons. The smallest absolute Gasteiger partial charge is 0.0994 e. The summed E-state index contributed by atoms with van der Waals surface area (Å²) < 4.78 is 0. The minimum atomic E-state index is 0.677. The van der Waals surface area contributed by atoms with Crippen LogP contribution in [0.15, 0.2) is 35.0 Å². The Balaban J connectivity index is 2.27. The molecule has 2 heterocycles. The van der Waals surface area contributed by atoms with Gasteiger partial charge in [0.2, 0.25) is 0 Å². The van der Waals surface area contributed by atoms with Crippen LogP contribution in [0.3, 0.4) is 0 Å². The second-order valence-corrected chi connectivity index (χ2v) is 5.87. The Hall–Kier alpha value is -0.760. The largest absolute Gasteiger partial charge is 0.250 e. The van der Waals surface area contributed by atoms with Crippen molar-refractivity contribution in [3.05, 3.63) is 35.5 Å². The molecule has 0 saturated heterocycles. The average Bonchev–Trinajstić information content (AvgIpc) is 2.27. The van der Waals surface area contributed by atoms with Crippen LogP contribution in [0.25, 0.3) is 0 Å². The first-order valence-corrected chi connectivity index (χ1v) is 6.84. The summed E-state index contributed by atoms with van der Waals surface area (Å²) in [7, 11) is 0. The van der Waals surface area contributed by atoms with Crippen LogP contribution in [-0.2, 0) is 6.42 Å². The van der Waals surface area contributed by atoms with E-state index in [9.17, 15) is 0 Å². The summed E-state index contributed by atoms with van der Waals surface area (Å²) in [5.74, 6) is 0.677. The van der Waals surface area contributed by atoms with Crippen molar-refractivity contribution in [2.45, 2.75) is 43.9 Å². The minimum absolute atomic E-state index is 0.677. The van der Waals surface area contributed by atoms with Crippen LogP contribution in [0.1, 0.15) is 32.8 Å². The van der Waals surface area contributed by atoms with Gasteiger partial charge in [-0.05, 0) is 44.2 Å². The average molecular weight is 233 g/mol. The zero-order valence-corrected chi connectivity index (χ0v) is 11.1. The van der Waals surface area contributed by atoms with E-state index in [0.29, 0.717) is 11.2 Å². The summed E-state index contributed by atoms with van der Waals surface area (Å²) in [6.45, 7) is 6.66. The first-order valence-electron chi connectivity index (χ1n) is 5.96. The Bertz CT molecular complexity index is 393. The molecule has 1 aromatic rings. The maximum Gasteiger partial charge on any atom is 0.0994 e. The molecule has 0 fully saturated rings. The van der Waals surface area contributed by atoms with Gasteiger partial charge in [0.05, 0.1) is 5.03 Å². The van der Waals surface area contributed by atoms with Crippen LogP contribution in [0, 0.1) is 5.92 Å². The van der Waals surface area contributed by atoms with E-state index in [4.69, 9.17) is 0 Å². The number of allylic oxidation sites excluding steroid dienone is 2. The molecule has 1 aliphatic rings. The molecule has 16 heavy (non-hydrogen) atoms. The van der Waals surface area contributed by atoms with Gasteiger partial charge in [-0.1, -0.05) is 24.6 Å². The normalized spacial score (nSPS) is 23.7. The lowest BCUT2D eigenvalue weighted by Crippen LogP contribution is -2.22. The Morgan fingerprint density at radius 1 is 1.56 bits per heavy atom. The Kier molecular flexibility index (Phi) is 3.70. The molecule has 1 aliphatic heterocycles. The number of thioether (sulfide) groups is 1. The molecule has 2 atom stereocenters. The van der Waals surface area contributed by atoms with Crippen LogP contribution in [-0.4, -0.2) is 10.2 Å². The molecule has 0 amide bonds. The first-order chi connectivity index (χ1) is 7.70. The van der Waals surface area contributed by atoms with Gasteiger partial charge in [-0.2, -0.15) is 0 Å². The Morgan fingerprint density at radius 3 is 3.06 bits per heavy atom. The summed E-state index contributed by atoms with van der Waals surface area (Å²) in [6.07, 6.45) is 6.70. The fraction of sp³-hybridized carbons (Fsp3) is 0.500. The van der Waals surface area contributed by atoms with Crippen molar-refractivity contribution in [1.82, 2.24) is 4.98 Å². The molecule has 0 radical (unpaired) electrons. The SMILES string of the molecule is CCC1Sc2ncccc2CC1C=C(C)C. The number of nitrogens with zero attached hydrogens (tertiary/aromatic N) is 1. The molecular weight excluding hydrogens is 214 g/mol. The van der Waals surface area contributed by atoms with E-state index in [2.05, 4.69) is 37.9 Å². The monoisotopic (exact) mass is 233 g/mol. The summed E-state index contributed by atoms with van der Waals surface area (Å²) in [4.78, 5) is 4.47. The second kappa shape index (κ2) is 5.05. The molecule has 1 nitrogen and oxygen atoms in total. The number of rotatable bonds is 2. The summed E-state index contributed by atoms with van der Waals surface area (Å²) in [6, 6.07) is 4.26. The zero-order chi connectivity index (χ0) is 11.5. The first kappa shape index (κ1) is 11.7. The molecule has 2 unspecified atom stereocenters. The summed E-state index contributed by atoms with van der Waals surface area (Å²) in [5, 5.41) is 1.94. The van der Waals surface area contributed by atoms with Gasteiger partial charge in [0.25, 0.3) is 0 Å². The maximum atomic E-state index is 4.47. The van der Waals surface area contributed by atoms with Crippen LogP contribution >= 0.6 is 11.8 Å². The van der Waals surface area contributed by atoms with Gasteiger partial charge in [0, 0.05) is 11.4 Å². The van der Waals surface area contributed by atoms with Crippen molar-refractivity contribution in [2.75, 3.05) is 0 Å². The van der Waals surface area contributed by atoms with Gasteiger partial charge in [-0.15, -0.1) is 11.8 Å². The third kappa shape index (κ3) is 2.49. The lowest BCUT2D eigenvalue weighted by Gasteiger charge is -2.29. The maximum absolute atomic E-state index is 4.47. The predicted molar refractivity (Wildman–Crippen MR) is 70.8 cm³/mol. The topological polar surface area (TPSA) is 12.9 Å². The predicted octanol–water partition coefficient (Wildman–Crippen LogP) is 4.09. The van der Waals surface area contributed by atoms with Crippen molar-refractivity contribution in [3.63, 3.8) is 0 Å². The lowest BCUT2D eigenvalue weighted by atomic mass is 9.93. The third-order valence-electron chi connectivity index (χ3n) is 3.00. The molecule has 2 heteroatoms. The van der Waals surface area contributed by atoms with E-state index in [-0.39, 0.29) is 0 Å².